The van der Waals surface area contributed by atoms with Crippen LogP contribution in [0.15, 0.2) is 35.0 Å². The van der Waals surface area contributed by atoms with Crippen LogP contribution in [0.4, 0.5) is 11.4 Å². The molecule has 0 atom stereocenters. The monoisotopic (exact) mass is 292 g/mol. The van der Waals surface area contributed by atoms with Gasteiger partial charge in [-0.15, -0.1) is 0 Å². The molecule has 2 aromatic rings. The Kier molecular flexibility index (Phi) is 4.95. The van der Waals surface area contributed by atoms with Gasteiger partial charge in [0.1, 0.15) is 5.75 Å². The molecule has 1 aromatic carbocycles. The average molecular weight is 292 g/mol. The lowest BCUT2D eigenvalue weighted by Crippen LogP contribution is -2.05. The number of thiophene rings is 1. The van der Waals surface area contributed by atoms with Gasteiger partial charge in [-0.3, -0.25) is 10.1 Å². The van der Waals surface area contributed by atoms with Crippen LogP contribution in [0.2, 0.25) is 0 Å². The third-order valence-corrected chi connectivity index (χ3v) is 3.47. The van der Waals surface area contributed by atoms with E-state index >= 15 is 0 Å². The van der Waals surface area contributed by atoms with E-state index in [4.69, 9.17) is 4.74 Å². The van der Waals surface area contributed by atoms with Gasteiger partial charge in [0.2, 0.25) is 0 Å². The van der Waals surface area contributed by atoms with Gasteiger partial charge in [-0.25, -0.2) is 0 Å². The Labute approximate surface area is 121 Å². The van der Waals surface area contributed by atoms with Gasteiger partial charge in [-0.05, 0) is 35.7 Å². The van der Waals surface area contributed by atoms with E-state index in [1.54, 1.807) is 17.4 Å². The van der Waals surface area contributed by atoms with Gasteiger partial charge in [0, 0.05) is 24.4 Å². The molecule has 0 unspecified atom stereocenters. The average Bonchev–Trinajstić information content (AvgIpc) is 2.92. The summed E-state index contributed by atoms with van der Waals surface area (Å²) >= 11 is 1.66. The van der Waals surface area contributed by atoms with Crippen molar-refractivity contribution in [3.05, 3.63) is 50.7 Å². The standard InChI is InChI=1S/C14H16N2O3S/c1-2-19-14-8-12(7-13(9-14)16(17)18)15-5-3-11-4-6-20-10-11/h4,6-10,15H,2-3,5H2,1H3. The first-order valence-corrected chi connectivity index (χ1v) is 7.30. The molecule has 0 saturated carbocycles. The highest BCUT2D eigenvalue weighted by atomic mass is 32.1. The molecule has 0 spiro atoms. The van der Waals surface area contributed by atoms with Crippen LogP contribution in [0.5, 0.6) is 5.75 Å². The Morgan fingerprint density at radius 1 is 1.40 bits per heavy atom. The third-order valence-electron chi connectivity index (χ3n) is 2.74. The molecule has 1 heterocycles. The van der Waals surface area contributed by atoms with E-state index in [1.807, 2.05) is 12.3 Å². The number of hydrogen-bond donors (Lipinski definition) is 1. The molecule has 2 rings (SSSR count). The molecular formula is C14H16N2O3S. The lowest BCUT2D eigenvalue weighted by molar-refractivity contribution is -0.384. The minimum Gasteiger partial charge on any atom is -0.494 e. The molecule has 0 radical (unpaired) electrons. The van der Waals surface area contributed by atoms with E-state index in [0.29, 0.717) is 18.0 Å². The van der Waals surface area contributed by atoms with Crippen molar-refractivity contribution in [2.75, 3.05) is 18.5 Å². The van der Waals surface area contributed by atoms with E-state index in [0.717, 1.165) is 13.0 Å². The molecule has 1 aromatic heterocycles. The number of ether oxygens (including phenoxy) is 1. The summed E-state index contributed by atoms with van der Waals surface area (Å²) in [5.41, 5.74) is 2.00. The normalized spacial score (nSPS) is 10.2. The summed E-state index contributed by atoms with van der Waals surface area (Å²) in [6, 6.07) is 6.82. The van der Waals surface area contributed by atoms with Crippen molar-refractivity contribution < 1.29 is 9.66 Å². The zero-order chi connectivity index (χ0) is 14.4. The highest BCUT2D eigenvalue weighted by molar-refractivity contribution is 7.07. The van der Waals surface area contributed by atoms with Crippen LogP contribution in [0.25, 0.3) is 0 Å². The Bertz CT molecular complexity index is 570. The summed E-state index contributed by atoms with van der Waals surface area (Å²) in [6.07, 6.45) is 0.885. The fourth-order valence-electron chi connectivity index (χ4n) is 1.83. The molecular weight excluding hydrogens is 276 g/mol. The van der Waals surface area contributed by atoms with Gasteiger partial charge >= 0.3 is 0 Å². The second-order valence-corrected chi connectivity index (χ2v) is 4.99. The van der Waals surface area contributed by atoms with Gasteiger partial charge in [0.05, 0.1) is 17.6 Å². The van der Waals surface area contributed by atoms with Crippen LogP contribution in [0.3, 0.4) is 0 Å². The molecule has 5 nitrogen and oxygen atoms in total. The number of nitrogens with zero attached hydrogens (tertiary/aromatic N) is 1. The first kappa shape index (κ1) is 14.3. The van der Waals surface area contributed by atoms with Crippen LogP contribution in [-0.2, 0) is 6.42 Å². The Balaban J connectivity index is 2.03. The SMILES string of the molecule is CCOc1cc(NCCc2ccsc2)cc([N+](=O)[O-])c1. The Hall–Kier alpha value is -2.08. The number of anilines is 1. The molecule has 20 heavy (non-hydrogen) atoms. The van der Waals surface area contributed by atoms with Crippen molar-refractivity contribution in [2.24, 2.45) is 0 Å². The zero-order valence-corrected chi connectivity index (χ0v) is 12.0. The predicted molar refractivity (Wildman–Crippen MR) is 80.8 cm³/mol. The minimum absolute atomic E-state index is 0.0361. The number of non-ortho nitro benzene ring substituents is 1. The molecule has 0 aliphatic heterocycles. The maximum atomic E-state index is 10.9. The van der Waals surface area contributed by atoms with Gasteiger partial charge in [0.25, 0.3) is 5.69 Å². The van der Waals surface area contributed by atoms with Crippen molar-refractivity contribution in [1.29, 1.82) is 0 Å². The highest BCUT2D eigenvalue weighted by Crippen LogP contribution is 2.26. The number of nitrogens with one attached hydrogen (secondary N) is 1. The van der Waals surface area contributed by atoms with Crippen LogP contribution < -0.4 is 10.1 Å². The summed E-state index contributed by atoms with van der Waals surface area (Å²) in [5, 5.41) is 18.2. The summed E-state index contributed by atoms with van der Waals surface area (Å²) in [7, 11) is 0. The van der Waals surface area contributed by atoms with Gasteiger partial charge in [0.15, 0.2) is 0 Å². The highest BCUT2D eigenvalue weighted by Gasteiger charge is 2.10. The summed E-state index contributed by atoms with van der Waals surface area (Å²) in [5.74, 6) is 0.514. The summed E-state index contributed by atoms with van der Waals surface area (Å²) in [6.45, 7) is 3.06. The number of hydrogen-bond acceptors (Lipinski definition) is 5. The molecule has 106 valence electrons. The minimum atomic E-state index is -0.410. The Morgan fingerprint density at radius 2 is 2.25 bits per heavy atom. The molecule has 0 fully saturated rings. The van der Waals surface area contributed by atoms with Crippen molar-refractivity contribution in [2.45, 2.75) is 13.3 Å². The quantitative estimate of drug-likeness (QED) is 0.624. The van der Waals surface area contributed by atoms with Crippen molar-refractivity contribution in [3.63, 3.8) is 0 Å². The van der Waals surface area contributed by atoms with Crippen LogP contribution in [-0.4, -0.2) is 18.1 Å². The van der Waals surface area contributed by atoms with E-state index in [1.165, 1.54) is 17.7 Å². The predicted octanol–water partition coefficient (Wildman–Crippen LogP) is 3.71. The van der Waals surface area contributed by atoms with Crippen LogP contribution >= 0.6 is 11.3 Å². The zero-order valence-electron chi connectivity index (χ0n) is 11.2. The van der Waals surface area contributed by atoms with Crippen molar-refractivity contribution in [1.82, 2.24) is 0 Å². The number of benzene rings is 1. The second-order valence-electron chi connectivity index (χ2n) is 4.21. The van der Waals surface area contributed by atoms with Gasteiger partial charge < -0.3 is 10.1 Å². The molecule has 6 heteroatoms. The lowest BCUT2D eigenvalue weighted by atomic mass is 10.2. The number of nitro groups is 1. The van der Waals surface area contributed by atoms with E-state index in [2.05, 4.69) is 16.8 Å². The maximum Gasteiger partial charge on any atom is 0.275 e. The van der Waals surface area contributed by atoms with Gasteiger partial charge in [-0.2, -0.15) is 11.3 Å². The number of rotatable bonds is 7. The molecule has 1 N–H and O–H groups in total. The first-order valence-electron chi connectivity index (χ1n) is 6.36. The van der Waals surface area contributed by atoms with Crippen LogP contribution in [0.1, 0.15) is 12.5 Å². The smallest absolute Gasteiger partial charge is 0.275 e. The first-order chi connectivity index (χ1) is 9.69. The Morgan fingerprint density at radius 3 is 2.90 bits per heavy atom. The van der Waals surface area contributed by atoms with Gasteiger partial charge in [-0.1, -0.05) is 0 Å². The maximum absolute atomic E-state index is 10.9. The van der Waals surface area contributed by atoms with Crippen molar-refractivity contribution in [3.8, 4) is 5.75 Å². The fraction of sp³-hybridized carbons (Fsp3) is 0.286. The lowest BCUT2D eigenvalue weighted by Gasteiger charge is -2.09. The second kappa shape index (κ2) is 6.91. The van der Waals surface area contributed by atoms with E-state index in [9.17, 15) is 10.1 Å². The summed E-state index contributed by atoms with van der Waals surface area (Å²) in [4.78, 5) is 10.5. The molecule has 0 saturated heterocycles. The largest absolute Gasteiger partial charge is 0.494 e. The van der Waals surface area contributed by atoms with E-state index < -0.39 is 4.92 Å². The molecule has 0 bridgehead atoms. The topological polar surface area (TPSA) is 64.4 Å². The fourth-order valence-corrected chi connectivity index (χ4v) is 2.53. The number of nitro benzene ring substituents is 1. The molecule has 0 amide bonds. The summed E-state index contributed by atoms with van der Waals surface area (Å²) < 4.78 is 5.35. The molecule has 0 aliphatic rings. The molecule has 0 aliphatic carbocycles. The van der Waals surface area contributed by atoms with Crippen LogP contribution in [0, 0.1) is 10.1 Å². The van der Waals surface area contributed by atoms with E-state index in [-0.39, 0.29) is 5.69 Å². The van der Waals surface area contributed by atoms with Crippen molar-refractivity contribution >= 4 is 22.7 Å². The third kappa shape index (κ3) is 3.96.